The number of thiol groups is 1. The van der Waals surface area contributed by atoms with Crippen molar-refractivity contribution in [2.75, 3.05) is 0 Å². The summed E-state index contributed by atoms with van der Waals surface area (Å²) >= 11 is 4.73. The first-order valence-corrected chi connectivity index (χ1v) is 6.96. The second kappa shape index (κ2) is 5.06. The molecule has 0 aromatic heterocycles. The highest BCUT2D eigenvalue weighted by atomic mass is 32.1. The van der Waals surface area contributed by atoms with Gasteiger partial charge in [0.15, 0.2) is 0 Å². The van der Waals surface area contributed by atoms with E-state index in [0.717, 1.165) is 0 Å². The molecule has 0 spiro atoms. The van der Waals surface area contributed by atoms with E-state index in [1.807, 2.05) is 0 Å². The van der Waals surface area contributed by atoms with Gasteiger partial charge < -0.3 is 0 Å². The van der Waals surface area contributed by atoms with Crippen molar-refractivity contribution in [1.82, 2.24) is 0 Å². The van der Waals surface area contributed by atoms with Gasteiger partial charge in [-0.2, -0.15) is 0 Å². The Balaban J connectivity index is 3.48. The molecule has 0 atom stereocenters. The van der Waals surface area contributed by atoms with Crippen molar-refractivity contribution >= 4 is 12.6 Å². The van der Waals surface area contributed by atoms with Crippen molar-refractivity contribution in [2.24, 2.45) is 0 Å². The molecule has 0 saturated heterocycles. The summed E-state index contributed by atoms with van der Waals surface area (Å²) in [6, 6.07) is 4.66. The Morgan fingerprint density at radius 1 is 0.882 bits per heavy atom. The average Bonchev–Trinajstić information content (AvgIpc) is 2.14. The van der Waals surface area contributed by atoms with Crippen LogP contribution >= 0.6 is 12.6 Å². The van der Waals surface area contributed by atoms with E-state index >= 15 is 0 Å². The average molecular weight is 250 g/mol. The van der Waals surface area contributed by atoms with Gasteiger partial charge in [-0.05, 0) is 33.9 Å². The summed E-state index contributed by atoms with van der Waals surface area (Å²) in [5, 5.41) is 0. The van der Waals surface area contributed by atoms with Gasteiger partial charge in [0.2, 0.25) is 0 Å². The van der Waals surface area contributed by atoms with Gasteiger partial charge >= 0.3 is 0 Å². The molecule has 1 heteroatoms. The van der Waals surface area contributed by atoms with Crippen LogP contribution in [0.5, 0.6) is 0 Å². The van der Waals surface area contributed by atoms with E-state index in [1.165, 1.54) is 21.6 Å². The fourth-order valence-electron chi connectivity index (χ4n) is 1.99. The molecular formula is C16H26S. The van der Waals surface area contributed by atoms with E-state index in [0.29, 0.717) is 11.8 Å². The van der Waals surface area contributed by atoms with Crippen LogP contribution in [0.1, 0.15) is 77.0 Å². The van der Waals surface area contributed by atoms with E-state index in [1.54, 1.807) is 0 Å². The lowest BCUT2D eigenvalue weighted by molar-refractivity contribution is 0.584. The lowest BCUT2D eigenvalue weighted by atomic mass is 9.82. The molecule has 1 rings (SSSR count). The molecule has 0 heterocycles. The van der Waals surface area contributed by atoms with Crippen molar-refractivity contribution in [3.63, 3.8) is 0 Å². The van der Waals surface area contributed by atoms with E-state index in [-0.39, 0.29) is 5.41 Å². The summed E-state index contributed by atoms with van der Waals surface area (Å²) in [6.45, 7) is 15.8. The maximum absolute atomic E-state index is 4.73. The molecule has 0 amide bonds. The highest BCUT2D eigenvalue weighted by molar-refractivity contribution is 7.80. The van der Waals surface area contributed by atoms with Gasteiger partial charge in [0, 0.05) is 4.90 Å². The smallest absolute Gasteiger partial charge is 0.0110 e. The summed E-state index contributed by atoms with van der Waals surface area (Å²) in [4.78, 5) is 1.18. The van der Waals surface area contributed by atoms with Crippen LogP contribution in [0, 0.1) is 0 Å². The van der Waals surface area contributed by atoms with Crippen molar-refractivity contribution in [3.05, 3.63) is 28.8 Å². The highest BCUT2D eigenvalue weighted by Crippen LogP contribution is 2.35. The van der Waals surface area contributed by atoms with Gasteiger partial charge in [-0.15, -0.1) is 12.6 Å². The Hall–Kier alpha value is -0.430. The monoisotopic (exact) mass is 250 g/mol. The molecule has 0 fully saturated rings. The van der Waals surface area contributed by atoms with E-state index in [2.05, 4.69) is 60.6 Å². The third-order valence-electron chi connectivity index (χ3n) is 3.28. The van der Waals surface area contributed by atoms with Crippen LogP contribution in [0.3, 0.4) is 0 Å². The predicted molar refractivity (Wildman–Crippen MR) is 80.6 cm³/mol. The Kier molecular flexibility index (Phi) is 4.35. The fraction of sp³-hybridized carbons (Fsp3) is 0.625. The molecule has 0 unspecified atom stereocenters. The van der Waals surface area contributed by atoms with Crippen LogP contribution in [-0.4, -0.2) is 0 Å². The zero-order valence-electron chi connectivity index (χ0n) is 12.3. The first-order chi connectivity index (χ1) is 7.64. The van der Waals surface area contributed by atoms with E-state index in [9.17, 15) is 0 Å². The fourth-order valence-corrected chi connectivity index (χ4v) is 2.64. The molecule has 0 saturated carbocycles. The largest absolute Gasteiger partial charge is 0.143 e. The molecule has 0 aliphatic carbocycles. The number of benzene rings is 1. The summed E-state index contributed by atoms with van der Waals surface area (Å²) in [7, 11) is 0. The Morgan fingerprint density at radius 2 is 1.24 bits per heavy atom. The molecular weight excluding hydrogens is 224 g/mol. The van der Waals surface area contributed by atoms with Gasteiger partial charge in [-0.1, -0.05) is 60.6 Å². The van der Waals surface area contributed by atoms with Crippen LogP contribution < -0.4 is 0 Å². The molecule has 0 aliphatic heterocycles. The van der Waals surface area contributed by atoms with Crippen molar-refractivity contribution < 1.29 is 0 Å². The van der Waals surface area contributed by atoms with Crippen LogP contribution in [0.25, 0.3) is 0 Å². The molecule has 1 aromatic carbocycles. The van der Waals surface area contributed by atoms with Gasteiger partial charge in [-0.3, -0.25) is 0 Å². The minimum absolute atomic E-state index is 0.203. The van der Waals surface area contributed by atoms with Gasteiger partial charge in [0.1, 0.15) is 0 Å². The first kappa shape index (κ1) is 14.6. The minimum Gasteiger partial charge on any atom is -0.143 e. The number of hydrogen-bond donors (Lipinski definition) is 1. The number of hydrogen-bond acceptors (Lipinski definition) is 1. The van der Waals surface area contributed by atoms with Crippen molar-refractivity contribution in [2.45, 2.75) is 70.6 Å². The molecule has 0 N–H and O–H groups in total. The molecule has 0 aliphatic rings. The third kappa shape index (κ3) is 3.28. The second-order valence-corrected chi connectivity index (χ2v) is 7.01. The molecule has 0 nitrogen and oxygen atoms in total. The molecule has 96 valence electrons. The maximum Gasteiger partial charge on any atom is 0.0110 e. The summed E-state index contributed by atoms with van der Waals surface area (Å²) < 4.78 is 0. The molecule has 1 aromatic rings. The Labute approximate surface area is 112 Å². The Morgan fingerprint density at radius 3 is 1.47 bits per heavy atom. The summed E-state index contributed by atoms with van der Waals surface area (Å²) in [5.41, 5.74) is 4.38. The highest BCUT2D eigenvalue weighted by Gasteiger charge is 2.19. The van der Waals surface area contributed by atoms with Crippen LogP contribution in [0.4, 0.5) is 0 Å². The van der Waals surface area contributed by atoms with E-state index < -0.39 is 0 Å². The summed E-state index contributed by atoms with van der Waals surface area (Å²) in [5.74, 6) is 1.06. The second-order valence-electron chi connectivity index (χ2n) is 6.56. The quantitative estimate of drug-likeness (QED) is 0.656. The van der Waals surface area contributed by atoms with Crippen LogP contribution in [0.15, 0.2) is 17.0 Å². The Bertz CT molecular complexity index is 365. The zero-order valence-corrected chi connectivity index (χ0v) is 13.2. The van der Waals surface area contributed by atoms with Gasteiger partial charge in [0.25, 0.3) is 0 Å². The lowest BCUT2D eigenvalue weighted by Gasteiger charge is -2.25. The van der Waals surface area contributed by atoms with Crippen LogP contribution in [-0.2, 0) is 5.41 Å². The zero-order chi connectivity index (χ0) is 13.4. The van der Waals surface area contributed by atoms with Crippen molar-refractivity contribution in [1.29, 1.82) is 0 Å². The molecule has 17 heavy (non-hydrogen) atoms. The molecule has 0 bridgehead atoms. The number of rotatable bonds is 2. The molecule has 0 radical (unpaired) electrons. The third-order valence-corrected chi connectivity index (χ3v) is 3.80. The minimum atomic E-state index is 0.203. The predicted octanol–water partition coefficient (Wildman–Crippen LogP) is 5.52. The topological polar surface area (TPSA) is 0 Å². The standard InChI is InChI=1S/C16H26S/c1-10(2)13-8-12(16(5,6)7)9-14(11(3)4)15(13)17/h8-11,17H,1-7H3. The van der Waals surface area contributed by atoms with Gasteiger partial charge in [-0.25, -0.2) is 0 Å². The van der Waals surface area contributed by atoms with Gasteiger partial charge in [0.05, 0.1) is 0 Å². The summed E-state index contributed by atoms with van der Waals surface area (Å²) in [6.07, 6.45) is 0. The lowest BCUT2D eigenvalue weighted by Crippen LogP contribution is -2.13. The van der Waals surface area contributed by atoms with E-state index in [4.69, 9.17) is 12.6 Å². The van der Waals surface area contributed by atoms with Crippen LogP contribution in [0.2, 0.25) is 0 Å². The first-order valence-electron chi connectivity index (χ1n) is 6.52. The van der Waals surface area contributed by atoms with Crippen molar-refractivity contribution in [3.8, 4) is 0 Å². The maximum atomic E-state index is 4.73. The normalized spacial score (nSPS) is 12.6. The SMILES string of the molecule is CC(C)c1cc(C(C)(C)C)cc(C(C)C)c1S.